The van der Waals surface area contributed by atoms with Crippen molar-refractivity contribution in [1.29, 1.82) is 0 Å². The van der Waals surface area contributed by atoms with Gasteiger partial charge in [0.25, 0.3) is 0 Å². The second kappa shape index (κ2) is 4.46. The summed E-state index contributed by atoms with van der Waals surface area (Å²) in [6.45, 7) is 2.53. The van der Waals surface area contributed by atoms with Gasteiger partial charge in [0.2, 0.25) is 0 Å². The molecule has 0 spiro atoms. The summed E-state index contributed by atoms with van der Waals surface area (Å²) in [5.41, 5.74) is 0. The second-order valence-corrected chi connectivity index (χ2v) is 2.17. The maximum absolute atomic E-state index is 2.36. The molecule has 0 aromatic carbocycles. The summed E-state index contributed by atoms with van der Waals surface area (Å²) in [5, 5.41) is 0. The van der Waals surface area contributed by atoms with Crippen LogP contribution in [0.5, 0.6) is 0 Å². The molecule has 0 unspecified atom stereocenters. The zero-order chi connectivity index (χ0) is 5.11. The molecule has 0 saturated carbocycles. The molecule has 0 amide bonds. The van der Waals surface area contributed by atoms with Gasteiger partial charge in [0.1, 0.15) is 0 Å². The van der Waals surface area contributed by atoms with Crippen LogP contribution in [0.1, 0.15) is 12.8 Å². The zero-order valence-electron chi connectivity index (χ0n) is 5.19. The standard InChI is InChI=1S/C6H12N.Rh/c1-7-5-3-2-4-6-7;/h2H,3-6H2,1H3;/q-1;. The molecule has 1 nitrogen and oxygen atoms in total. The molecule has 0 aromatic rings. The molecule has 0 bridgehead atoms. The van der Waals surface area contributed by atoms with E-state index in [-0.39, 0.29) is 19.5 Å². The molecule has 1 heterocycles. The molecule has 1 rings (SSSR count). The van der Waals surface area contributed by atoms with Crippen LogP contribution in [-0.4, -0.2) is 25.0 Å². The third-order valence-electron chi connectivity index (χ3n) is 1.43. The van der Waals surface area contributed by atoms with Gasteiger partial charge in [-0.2, -0.15) is 12.8 Å². The zero-order valence-corrected chi connectivity index (χ0v) is 6.83. The van der Waals surface area contributed by atoms with Crippen LogP contribution in [0.3, 0.4) is 0 Å². The number of hydrogen-bond acceptors (Lipinski definition) is 1. The molecule has 0 N–H and O–H groups in total. The summed E-state index contributed by atoms with van der Waals surface area (Å²) in [6, 6.07) is 0. The van der Waals surface area contributed by atoms with Crippen LogP contribution in [0.2, 0.25) is 0 Å². The molecule has 1 fully saturated rings. The largest absolute Gasteiger partial charge is 0.326 e. The molecule has 8 heavy (non-hydrogen) atoms. The van der Waals surface area contributed by atoms with Crippen molar-refractivity contribution in [2.75, 3.05) is 20.1 Å². The van der Waals surface area contributed by atoms with E-state index in [2.05, 4.69) is 18.4 Å². The van der Waals surface area contributed by atoms with Gasteiger partial charge >= 0.3 is 0 Å². The summed E-state index contributed by atoms with van der Waals surface area (Å²) in [7, 11) is 2.17. The van der Waals surface area contributed by atoms with Gasteiger partial charge in [-0.25, -0.2) is 0 Å². The fraction of sp³-hybridized carbons (Fsp3) is 0.833. The van der Waals surface area contributed by atoms with Gasteiger partial charge < -0.3 is 11.3 Å². The summed E-state index contributed by atoms with van der Waals surface area (Å²) >= 11 is 0. The van der Waals surface area contributed by atoms with Crippen LogP contribution in [-0.2, 0) is 19.5 Å². The summed E-state index contributed by atoms with van der Waals surface area (Å²) in [4.78, 5) is 2.36. The van der Waals surface area contributed by atoms with Gasteiger partial charge in [0.05, 0.1) is 0 Å². The summed E-state index contributed by atoms with van der Waals surface area (Å²) in [5.74, 6) is 0. The minimum Gasteiger partial charge on any atom is -0.326 e. The Bertz CT molecular complexity index is 50.5. The predicted octanol–water partition coefficient (Wildman–Crippen LogP) is 0.914. The fourth-order valence-electron chi connectivity index (χ4n) is 0.879. The van der Waals surface area contributed by atoms with Crippen molar-refractivity contribution in [2.24, 2.45) is 0 Å². The first-order chi connectivity index (χ1) is 3.39. The van der Waals surface area contributed by atoms with E-state index in [1.165, 1.54) is 25.9 Å². The van der Waals surface area contributed by atoms with Crippen molar-refractivity contribution < 1.29 is 19.5 Å². The van der Waals surface area contributed by atoms with E-state index in [0.717, 1.165) is 0 Å². The summed E-state index contributed by atoms with van der Waals surface area (Å²) < 4.78 is 0. The molecule has 1 aliphatic rings. The first-order valence-electron chi connectivity index (χ1n) is 2.90. The van der Waals surface area contributed by atoms with E-state index in [9.17, 15) is 0 Å². The van der Waals surface area contributed by atoms with Crippen LogP contribution >= 0.6 is 0 Å². The van der Waals surface area contributed by atoms with E-state index in [1.807, 2.05) is 0 Å². The van der Waals surface area contributed by atoms with Crippen LogP contribution < -0.4 is 0 Å². The number of likely N-dealkylation sites (tertiary alicyclic amines) is 1. The normalized spacial score (nSPS) is 22.1. The Hall–Kier alpha value is 0.583. The van der Waals surface area contributed by atoms with Crippen molar-refractivity contribution in [1.82, 2.24) is 4.90 Å². The molecule has 51 valence electrons. The first kappa shape index (κ1) is 8.58. The van der Waals surface area contributed by atoms with Crippen molar-refractivity contribution in [2.45, 2.75) is 12.8 Å². The monoisotopic (exact) mass is 201 g/mol. The second-order valence-electron chi connectivity index (χ2n) is 2.17. The smallest absolute Gasteiger partial charge is 0 e. The third kappa shape index (κ3) is 2.79. The predicted molar refractivity (Wildman–Crippen MR) is 31.0 cm³/mol. The van der Waals surface area contributed by atoms with E-state index < -0.39 is 0 Å². The van der Waals surface area contributed by atoms with Gasteiger partial charge in [-0.1, -0.05) is 0 Å². The Kier molecular flexibility index (Phi) is 4.79. The Labute approximate surface area is 64.2 Å². The Morgan fingerprint density at radius 3 is 2.00 bits per heavy atom. The molecule has 2 heteroatoms. The molecule has 0 atom stereocenters. The fourth-order valence-corrected chi connectivity index (χ4v) is 0.879. The molecule has 0 aromatic heterocycles. The average molecular weight is 201 g/mol. The Morgan fingerprint density at radius 1 is 1.25 bits per heavy atom. The minimum absolute atomic E-state index is 0. The van der Waals surface area contributed by atoms with Gasteiger partial charge in [0.15, 0.2) is 0 Å². The SMILES string of the molecule is CN1CC[CH-]CC1.[Rh]. The van der Waals surface area contributed by atoms with Crippen molar-refractivity contribution in [3.63, 3.8) is 0 Å². The van der Waals surface area contributed by atoms with E-state index in [0.29, 0.717) is 0 Å². The quantitative estimate of drug-likeness (QED) is 0.416. The van der Waals surface area contributed by atoms with Gasteiger partial charge in [0, 0.05) is 19.5 Å². The Balaban J connectivity index is 0.000000490. The van der Waals surface area contributed by atoms with Crippen LogP contribution in [0.15, 0.2) is 0 Å². The first-order valence-corrected chi connectivity index (χ1v) is 2.90. The van der Waals surface area contributed by atoms with Crippen LogP contribution in [0, 0.1) is 6.42 Å². The molecule has 0 aliphatic carbocycles. The maximum Gasteiger partial charge on any atom is 0 e. The summed E-state index contributed by atoms with van der Waals surface area (Å²) in [6.07, 6.45) is 4.94. The van der Waals surface area contributed by atoms with Crippen LogP contribution in [0.25, 0.3) is 0 Å². The number of piperidine rings is 1. The topological polar surface area (TPSA) is 3.24 Å². The molecule has 1 radical (unpaired) electrons. The number of rotatable bonds is 0. The van der Waals surface area contributed by atoms with Crippen LogP contribution in [0.4, 0.5) is 0 Å². The minimum atomic E-state index is 0. The third-order valence-corrected chi connectivity index (χ3v) is 1.43. The number of nitrogens with zero attached hydrogens (tertiary/aromatic N) is 1. The van der Waals surface area contributed by atoms with Gasteiger partial charge in [-0.3, -0.25) is 0 Å². The molecular weight excluding hydrogens is 189 g/mol. The van der Waals surface area contributed by atoms with E-state index in [4.69, 9.17) is 0 Å². The van der Waals surface area contributed by atoms with Crippen molar-refractivity contribution >= 4 is 0 Å². The van der Waals surface area contributed by atoms with Gasteiger partial charge in [-0.15, -0.1) is 0 Å². The molecule has 1 aliphatic heterocycles. The Morgan fingerprint density at radius 2 is 1.75 bits per heavy atom. The van der Waals surface area contributed by atoms with E-state index >= 15 is 0 Å². The average Bonchev–Trinajstić information content (AvgIpc) is 1.69. The van der Waals surface area contributed by atoms with E-state index in [1.54, 1.807) is 0 Å². The maximum atomic E-state index is 2.36. The molecular formula is C6H12NRh-. The van der Waals surface area contributed by atoms with Crippen molar-refractivity contribution in [3.8, 4) is 0 Å². The molecule has 1 saturated heterocycles. The van der Waals surface area contributed by atoms with Crippen molar-refractivity contribution in [3.05, 3.63) is 6.42 Å². The number of hydrogen-bond donors (Lipinski definition) is 0. The van der Waals surface area contributed by atoms with Gasteiger partial charge in [-0.05, 0) is 20.1 Å².